The van der Waals surface area contributed by atoms with Gasteiger partial charge in [-0.15, -0.1) is 0 Å². The van der Waals surface area contributed by atoms with Crippen LogP contribution in [0.2, 0.25) is 0 Å². The molecule has 1 N–H and O–H groups in total. The van der Waals surface area contributed by atoms with Crippen molar-refractivity contribution in [3.63, 3.8) is 0 Å². The van der Waals surface area contributed by atoms with Gasteiger partial charge in [0.15, 0.2) is 0 Å². The Morgan fingerprint density at radius 1 is 1.43 bits per heavy atom. The van der Waals surface area contributed by atoms with E-state index in [0.29, 0.717) is 28.9 Å². The van der Waals surface area contributed by atoms with Gasteiger partial charge in [0, 0.05) is 23.7 Å². The van der Waals surface area contributed by atoms with Crippen LogP contribution in [0.5, 0.6) is 0 Å². The summed E-state index contributed by atoms with van der Waals surface area (Å²) in [6.07, 6.45) is 1.39. The van der Waals surface area contributed by atoms with Crippen LogP contribution >= 0.6 is 0 Å². The highest BCUT2D eigenvalue weighted by molar-refractivity contribution is 5.80. The first-order valence-corrected chi connectivity index (χ1v) is 7.50. The summed E-state index contributed by atoms with van der Waals surface area (Å²) in [4.78, 5) is 17.3. The molecule has 0 saturated heterocycles. The van der Waals surface area contributed by atoms with Crippen LogP contribution in [0.1, 0.15) is 42.3 Å². The third-order valence-corrected chi connectivity index (χ3v) is 4.45. The van der Waals surface area contributed by atoms with E-state index < -0.39 is 6.10 Å². The van der Waals surface area contributed by atoms with Crippen molar-refractivity contribution in [2.45, 2.75) is 32.3 Å². The van der Waals surface area contributed by atoms with Crippen molar-refractivity contribution in [2.75, 3.05) is 11.4 Å². The summed E-state index contributed by atoms with van der Waals surface area (Å²) in [6, 6.07) is 6.39. The minimum Gasteiger partial charge on any atom is -0.384 e. The van der Waals surface area contributed by atoms with E-state index in [9.17, 15) is 14.3 Å². The second-order valence-corrected chi connectivity index (χ2v) is 6.61. The highest BCUT2D eigenvalue weighted by atomic mass is 19.1. The van der Waals surface area contributed by atoms with Crippen molar-refractivity contribution < 1.29 is 14.3 Å². The summed E-state index contributed by atoms with van der Waals surface area (Å²) >= 11 is 0. The number of halogens is 1. The molecule has 0 radical (unpaired) electrons. The Morgan fingerprint density at radius 3 is 2.87 bits per heavy atom. The summed E-state index contributed by atoms with van der Waals surface area (Å²) in [6.45, 7) is 6.23. The number of carbonyl (C=O) groups excluding carboxylic acids is 1. The third kappa shape index (κ3) is 2.51. The average molecular weight is 314 g/mol. The zero-order valence-electron chi connectivity index (χ0n) is 13.4. The zero-order chi connectivity index (χ0) is 16.8. The van der Waals surface area contributed by atoms with E-state index in [1.54, 1.807) is 36.2 Å². The smallest absolute Gasteiger partial charge is 0.214 e. The molecular formula is C18H19FN2O2. The Balaban J connectivity index is 2.05. The number of aliphatic hydroxyl groups is 1. The predicted molar refractivity (Wildman–Crippen MR) is 85.9 cm³/mol. The molecular weight excluding hydrogens is 295 g/mol. The van der Waals surface area contributed by atoms with Crippen LogP contribution in [0.3, 0.4) is 0 Å². The van der Waals surface area contributed by atoms with Crippen molar-refractivity contribution in [3.05, 3.63) is 58.7 Å². The van der Waals surface area contributed by atoms with Gasteiger partial charge in [-0.05, 0) is 30.2 Å². The van der Waals surface area contributed by atoms with Crippen LogP contribution < -0.4 is 4.90 Å². The summed E-state index contributed by atoms with van der Waals surface area (Å²) in [5.74, 6) is -0.355. The first kappa shape index (κ1) is 15.6. The largest absolute Gasteiger partial charge is 0.384 e. The molecule has 23 heavy (non-hydrogen) atoms. The lowest BCUT2D eigenvalue weighted by atomic mass is 9.90. The first-order valence-electron chi connectivity index (χ1n) is 7.50. The minimum absolute atomic E-state index is 0.228. The first-order chi connectivity index (χ1) is 10.8. The number of benzene rings is 1. The fraction of sp³-hybridized carbons (Fsp3) is 0.333. The van der Waals surface area contributed by atoms with E-state index in [0.717, 1.165) is 12.1 Å². The zero-order valence-corrected chi connectivity index (χ0v) is 13.4. The quantitative estimate of drug-likeness (QED) is 0.886. The van der Waals surface area contributed by atoms with Crippen molar-refractivity contribution >= 4 is 12.1 Å². The van der Waals surface area contributed by atoms with E-state index in [4.69, 9.17) is 0 Å². The summed E-state index contributed by atoms with van der Waals surface area (Å²) in [7, 11) is 0. The topological polar surface area (TPSA) is 53.4 Å². The van der Waals surface area contributed by atoms with Gasteiger partial charge in [0.25, 0.3) is 0 Å². The average Bonchev–Trinajstić information content (AvgIpc) is 2.80. The van der Waals surface area contributed by atoms with Crippen molar-refractivity contribution in [3.8, 4) is 0 Å². The van der Waals surface area contributed by atoms with Crippen molar-refractivity contribution in [1.82, 2.24) is 4.98 Å². The Bertz CT molecular complexity index is 774. The Kier molecular flexibility index (Phi) is 3.68. The van der Waals surface area contributed by atoms with Gasteiger partial charge in [-0.25, -0.2) is 4.39 Å². The molecule has 0 spiro atoms. The molecule has 0 fully saturated rings. The molecule has 0 aliphatic carbocycles. The number of carbonyl (C=O) groups is 1. The van der Waals surface area contributed by atoms with E-state index in [1.165, 1.54) is 6.07 Å². The SMILES string of the molecule is Cc1c(F)cccc1C(O)c1cnc2c(c1)N(C=O)CC2(C)C. The normalized spacial score (nSPS) is 17.0. The van der Waals surface area contributed by atoms with Crippen LogP contribution in [0, 0.1) is 12.7 Å². The number of hydrogen-bond donors (Lipinski definition) is 1. The van der Waals surface area contributed by atoms with Crippen LogP contribution in [-0.4, -0.2) is 23.0 Å². The molecule has 0 saturated carbocycles. The Labute approximate surface area is 134 Å². The fourth-order valence-electron chi connectivity index (χ4n) is 3.14. The molecule has 1 amide bonds. The van der Waals surface area contributed by atoms with E-state index in [2.05, 4.69) is 4.98 Å². The molecule has 4 nitrogen and oxygen atoms in total. The van der Waals surface area contributed by atoms with Gasteiger partial charge in [0.1, 0.15) is 11.9 Å². The lowest BCUT2D eigenvalue weighted by Crippen LogP contribution is -2.27. The fourth-order valence-corrected chi connectivity index (χ4v) is 3.14. The highest BCUT2D eigenvalue weighted by Gasteiger charge is 2.37. The van der Waals surface area contributed by atoms with Crippen LogP contribution in [-0.2, 0) is 10.2 Å². The third-order valence-electron chi connectivity index (χ3n) is 4.45. The number of anilines is 1. The lowest BCUT2D eigenvalue weighted by Gasteiger charge is -2.17. The number of pyridine rings is 1. The minimum atomic E-state index is -0.985. The van der Waals surface area contributed by atoms with Crippen molar-refractivity contribution in [1.29, 1.82) is 0 Å². The predicted octanol–water partition coefficient (Wildman–Crippen LogP) is 2.86. The maximum Gasteiger partial charge on any atom is 0.214 e. The number of hydrogen-bond acceptors (Lipinski definition) is 3. The molecule has 1 aliphatic rings. The van der Waals surface area contributed by atoms with E-state index in [-0.39, 0.29) is 11.2 Å². The second kappa shape index (κ2) is 5.42. The Hall–Kier alpha value is -2.27. The molecule has 120 valence electrons. The van der Waals surface area contributed by atoms with Gasteiger partial charge in [0.2, 0.25) is 6.41 Å². The maximum absolute atomic E-state index is 13.7. The maximum atomic E-state index is 13.7. The molecule has 1 atom stereocenters. The monoisotopic (exact) mass is 314 g/mol. The van der Waals surface area contributed by atoms with Gasteiger partial charge in [0.05, 0.1) is 11.4 Å². The van der Waals surface area contributed by atoms with Gasteiger partial charge in [-0.2, -0.15) is 0 Å². The summed E-state index contributed by atoms with van der Waals surface area (Å²) in [5.41, 5.74) is 2.76. The molecule has 5 heteroatoms. The Morgan fingerprint density at radius 2 is 2.17 bits per heavy atom. The van der Waals surface area contributed by atoms with Gasteiger partial charge >= 0.3 is 0 Å². The second-order valence-electron chi connectivity index (χ2n) is 6.61. The molecule has 1 unspecified atom stereocenters. The molecule has 2 aromatic rings. The van der Waals surface area contributed by atoms with Crippen LogP contribution in [0.4, 0.5) is 10.1 Å². The highest BCUT2D eigenvalue weighted by Crippen LogP contribution is 2.40. The van der Waals surface area contributed by atoms with E-state index in [1.807, 2.05) is 13.8 Å². The van der Waals surface area contributed by atoms with Crippen molar-refractivity contribution in [2.24, 2.45) is 0 Å². The summed E-state index contributed by atoms with van der Waals surface area (Å²) < 4.78 is 13.7. The molecule has 1 aromatic heterocycles. The number of aliphatic hydroxyl groups excluding tert-OH is 1. The molecule has 0 bridgehead atoms. The van der Waals surface area contributed by atoms with Gasteiger partial charge < -0.3 is 10.0 Å². The molecule has 2 heterocycles. The van der Waals surface area contributed by atoms with Crippen LogP contribution in [0.25, 0.3) is 0 Å². The number of aromatic nitrogens is 1. The number of amides is 1. The standard InChI is InChI=1S/C18H19FN2O2/c1-11-13(5-4-6-14(11)19)16(23)12-7-15-17(20-8-12)18(2,3)9-21(15)10-22/h4-8,10,16,23H,9H2,1-3H3. The molecule has 3 rings (SSSR count). The van der Waals surface area contributed by atoms with Gasteiger partial charge in [-0.1, -0.05) is 26.0 Å². The summed E-state index contributed by atoms with van der Waals surface area (Å²) in [5, 5.41) is 10.6. The van der Waals surface area contributed by atoms with Crippen LogP contribution in [0.15, 0.2) is 30.5 Å². The number of rotatable bonds is 3. The number of nitrogens with zero attached hydrogens (tertiary/aromatic N) is 2. The molecule has 1 aromatic carbocycles. The van der Waals surface area contributed by atoms with Gasteiger partial charge in [-0.3, -0.25) is 9.78 Å². The molecule has 1 aliphatic heterocycles. The number of fused-ring (bicyclic) bond motifs is 1. The lowest BCUT2D eigenvalue weighted by molar-refractivity contribution is -0.107. The van der Waals surface area contributed by atoms with E-state index >= 15 is 0 Å².